The summed E-state index contributed by atoms with van der Waals surface area (Å²) in [5.74, 6) is 0. The first-order chi connectivity index (χ1) is 1.41. The zero-order valence-corrected chi connectivity index (χ0v) is 3.67. The number of hydrogen-bond donors (Lipinski definition) is 0. The summed E-state index contributed by atoms with van der Waals surface area (Å²) in [6, 6.07) is 0. The van der Waals surface area contributed by atoms with Gasteiger partial charge in [-0.2, -0.15) is 0 Å². The summed E-state index contributed by atoms with van der Waals surface area (Å²) in [5.41, 5.74) is 0. The Morgan fingerprint density at radius 1 is 1.40 bits per heavy atom. The summed E-state index contributed by atoms with van der Waals surface area (Å²) < 4.78 is 1.75. The molecular formula is H2Cl2O3. The minimum absolute atomic E-state index is 0. The van der Waals surface area contributed by atoms with E-state index >= 15 is 0 Å². The molecule has 0 aliphatic carbocycles. The average Bonchev–Trinajstić information content (AvgIpc) is 0.918. The maximum absolute atomic E-state index is 7.88. The van der Waals surface area contributed by atoms with Crippen LogP contribution < -0.4 is 5.26 Å². The highest BCUT2D eigenvalue weighted by Gasteiger charge is 1.27. The molecule has 0 atom stereocenters. The van der Waals surface area contributed by atoms with Crippen molar-refractivity contribution in [2.24, 2.45) is 0 Å². The third kappa shape index (κ3) is 39000. The van der Waals surface area contributed by atoms with E-state index in [4.69, 9.17) is 10.2 Å². The molecule has 0 unspecified atom stereocenters. The third-order valence-corrected chi connectivity index (χ3v) is 0. The van der Waals surface area contributed by atoms with E-state index in [0.717, 1.165) is 0 Å². The molecule has 5 heteroatoms. The average molecular weight is 121 g/mol. The first-order valence-electron chi connectivity index (χ1n) is 0.333. The summed E-state index contributed by atoms with van der Waals surface area (Å²) in [7, 11) is 0. The van der Waals surface area contributed by atoms with E-state index < -0.39 is 0 Å². The van der Waals surface area contributed by atoms with Crippen LogP contribution in [0.15, 0.2) is 0 Å². The summed E-state index contributed by atoms with van der Waals surface area (Å²) in [5, 5.41) is 7.88. The first kappa shape index (κ1) is 20.1. The molecule has 0 aromatic heterocycles. The maximum Gasteiger partial charge on any atom is 0.154 e. The van der Waals surface area contributed by atoms with Gasteiger partial charge in [0.2, 0.25) is 0 Å². The fourth-order valence-electron chi connectivity index (χ4n) is 0. The predicted octanol–water partition coefficient (Wildman–Crippen LogP) is -0.278. The standard InChI is InChI=1S/2ClH.O3/c;;1-3-2/h2*1H;. The lowest BCUT2D eigenvalue weighted by Crippen LogP contribution is -1.82. The fourth-order valence-corrected chi connectivity index (χ4v) is 0. The number of halogens is 2. The number of rotatable bonds is 0. The highest BCUT2D eigenvalue weighted by Crippen LogP contribution is 1.00. The van der Waals surface area contributed by atoms with E-state index in [1.165, 1.54) is 0 Å². The van der Waals surface area contributed by atoms with E-state index in [-0.39, 0.29) is 24.8 Å². The summed E-state index contributed by atoms with van der Waals surface area (Å²) in [4.78, 5) is 7.88. The van der Waals surface area contributed by atoms with Gasteiger partial charge in [0.1, 0.15) is 0 Å². The van der Waals surface area contributed by atoms with Gasteiger partial charge in [-0.25, -0.2) is 0 Å². The zero-order valence-electron chi connectivity index (χ0n) is 2.04. The molecule has 0 N–H and O–H groups in total. The smallest absolute Gasteiger partial charge is 0.147 e. The van der Waals surface area contributed by atoms with Crippen LogP contribution in [-0.2, 0) is 0 Å². The Balaban J connectivity index is -0.0000000200. The van der Waals surface area contributed by atoms with Gasteiger partial charge in [0.05, 0.1) is 0 Å². The Morgan fingerprint density at radius 3 is 1.40 bits per heavy atom. The minimum Gasteiger partial charge on any atom is -0.147 e. The van der Waals surface area contributed by atoms with Crippen LogP contribution in [0.3, 0.4) is 0 Å². The molecule has 0 aliphatic rings. The van der Waals surface area contributed by atoms with Crippen LogP contribution in [0.2, 0.25) is 0 Å². The van der Waals surface area contributed by atoms with Crippen LogP contribution in [0.4, 0.5) is 0 Å². The van der Waals surface area contributed by atoms with Crippen molar-refractivity contribution in [3.63, 3.8) is 0 Å². The molecule has 0 aliphatic heterocycles. The minimum atomic E-state index is 0. The van der Waals surface area contributed by atoms with E-state index in [1.54, 1.807) is 4.75 Å². The Bertz CT molecular complexity index is 12.4. The van der Waals surface area contributed by atoms with Gasteiger partial charge < -0.3 is 0 Å². The van der Waals surface area contributed by atoms with Crippen LogP contribution in [0, 0.1) is 9.71 Å². The third-order valence-electron chi connectivity index (χ3n) is 0. The van der Waals surface area contributed by atoms with Gasteiger partial charge >= 0.3 is 0 Å². The molecular weight excluding hydrogens is 119 g/mol. The van der Waals surface area contributed by atoms with Crippen molar-refractivity contribution in [2.45, 2.75) is 0 Å². The zero-order chi connectivity index (χ0) is 2.71. The van der Waals surface area contributed by atoms with Crippen LogP contribution in [-0.4, -0.2) is 0 Å². The van der Waals surface area contributed by atoms with Gasteiger partial charge in [0.15, 0.2) is 4.75 Å². The van der Waals surface area contributed by atoms with Gasteiger partial charge in [-0.1, -0.05) is 10.2 Å². The Labute approximate surface area is 40.7 Å². The van der Waals surface area contributed by atoms with Crippen LogP contribution in [0.5, 0.6) is 0 Å². The van der Waals surface area contributed by atoms with Gasteiger partial charge in [-0.05, 0) is 0 Å². The van der Waals surface area contributed by atoms with Gasteiger partial charge in [0.25, 0.3) is 0 Å². The lowest BCUT2D eigenvalue weighted by atomic mass is 14.8. The molecule has 0 rings (SSSR count). The Hall–Kier alpha value is -0.0200. The summed E-state index contributed by atoms with van der Waals surface area (Å²) in [6.45, 7) is 0. The fraction of sp³-hybridized carbons (Fsp3) is 0. The van der Waals surface area contributed by atoms with Gasteiger partial charge in [-0.3, -0.25) is 0 Å². The van der Waals surface area contributed by atoms with E-state index in [0.29, 0.717) is 0 Å². The quantitative estimate of drug-likeness (QED) is 0.251. The predicted molar refractivity (Wildman–Crippen MR) is 21.2 cm³/mol. The van der Waals surface area contributed by atoms with E-state index in [9.17, 15) is 0 Å². The molecule has 3 nitrogen and oxygen atoms in total. The molecule has 0 radical (unpaired) electrons. The highest BCUT2D eigenvalue weighted by atomic mass is 35.5. The molecule has 5 heavy (non-hydrogen) atoms. The summed E-state index contributed by atoms with van der Waals surface area (Å²) >= 11 is 0. The second-order valence-corrected chi connectivity index (χ2v) is 0.0680. The molecule has 0 spiro atoms. The van der Waals surface area contributed by atoms with Crippen LogP contribution in [0.25, 0.3) is 0 Å². The first-order valence-corrected chi connectivity index (χ1v) is 0.333. The van der Waals surface area contributed by atoms with Crippen molar-refractivity contribution in [1.29, 1.82) is 0 Å². The van der Waals surface area contributed by atoms with Crippen molar-refractivity contribution >= 4 is 24.8 Å². The number of hydrogen-bond acceptors (Lipinski definition) is 2. The SMILES string of the molecule is Cl.Cl.O=[O+][O-]. The molecule has 0 amide bonds. The summed E-state index contributed by atoms with van der Waals surface area (Å²) in [6.07, 6.45) is 0. The normalized spacial score (nSPS) is 2.40. The van der Waals surface area contributed by atoms with Gasteiger partial charge in [0, 0.05) is 0 Å². The van der Waals surface area contributed by atoms with Crippen molar-refractivity contribution < 1.29 is 5.26 Å². The second kappa shape index (κ2) is 36.8. The van der Waals surface area contributed by atoms with Crippen molar-refractivity contribution in [3.8, 4) is 0 Å². The highest BCUT2D eigenvalue weighted by molar-refractivity contribution is 5.85. The van der Waals surface area contributed by atoms with Crippen LogP contribution in [0.1, 0.15) is 0 Å². The van der Waals surface area contributed by atoms with Crippen molar-refractivity contribution in [2.75, 3.05) is 0 Å². The molecule has 34 valence electrons. The molecule has 0 bridgehead atoms. The molecule has 0 saturated carbocycles. The molecule has 0 aromatic rings. The van der Waals surface area contributed by atoms with Crippen molar-refractivity contribution in [1.82, 2.24) is 0 Å². The lowest BCUT2D eigenvalue weighted by Gasteiger charge is -1.19. The molecule has 0 heterocycles. The molecule has 0 saturated heterocycles. The van der Waals surface area contributed by atoms with Gasteiger partial charge in [-0.15, -0.1) is 24.8 Å². The Morgan fingerprint density at radius 2 is 1.40 bits per heavy atom. The van der Waals surface area contributed by atoms with E-state index in [2.05, 4.69) is 0 Å². The molecule has 0 fully saturated rings. The van der Waals surface area contributed by atoms with Crippen molar-refractivity contribution in [3.05, 3.63) is 9.71 Å². The van der Waals surface area contributed by atoms with Crippen LogP contribution >= 0.6 is 24.8 Å². The monoisotopic (exact) mass is 120 g/mol. The lowest BCUT2D eigenvalue weighted by molar-refractivity contribution is -0.284. The molecule has 0 aromatic carbocycles. The maximum atomic E-state index is 7.88. The topological polar surface area (TPSA) is 51.4 Å². The second-order valence-electron chi connectivity index (χ2n) is 0.0680. The largest absolute Gasteiger partial charge is 0.154 e. The van der Waals surface area contributed by atoms with E-state index in [1.807, 2.05) is 0 Å². The Kier molecular flexibility index (Phi) is 148.